The van der Waals surface area contributed by atoms with E-state index in [-0.39, 0.29) is 50.1 Å². The van der Waals surface area contributed by atoms with Crippen molar-refractivity contribution in [2.45, 2.75) is 50.2 Å². The van der Waals surface area contributed by atoms with E-state index in [1.807, 2.05) is 0 Å². The van der Waals surface area contributed by atoms with Gasteiger partial charge in [0.05, 0.1) is 12.2 Å². The number of alkyl halides is 3. The van der Waals surface area contributed by atoms with Crippen LogP contribution < -0.4 is 10.9 Å². The van der Waals surface area contributed by atoms with Crippen molar-refractivity contribution in [2.75, 3.05) is 13.1 Å². The molecule has 0 saturated heterocycles. The van der Waals surface area contributed by atoms with Crippen LogP contribution in [0.3, 0.4) is 0 Å². The zero-order valence-corrected chi connectivity index (χ0v) is 17.8. The van der Waals surface area contributed by atoms with E-state index in [1.54, 1.807) is 10.7 Å². The van der Waals surface area contributed by atoms with E-state index in [0.29, 0.717) is 34.7 Å². The fraction of sp³-hybridized carbons (Fsp3) is 0.435. The van der Waals surface area contributed by atoms with E-state index in [1.165, 1.54) is 24.4 Å². The second-order valence-corrected chi connectivity index (χ2v) is 8.74. The van der Waals surface area contributed by atoms with Crippen LogP contribution in [0.2, 0.25) is 0 Å². The molecule has 174 valence electrons. The van der Waals surface area contributed by atoms with Gasteiger partial charge in [0.1, 0.15) is 23.2 Å². The predicted molar refractivity (Wildman–Crippen MR) is 116 cm³/mol. The van der Waals surface area contributed by atoms with E-state index in [9.17, 15) is 22.4 Å². The fourth-order valence-corrected chi connectivity index (χ4v) is 4.67. The molecule has 3 heterocycles. The Kier molecular flexibility index (Phi) is 5.55. The zero-order chi connectivity index (χ0) is 23.2. The standard InChI is InChI=1S/C23H23F4N5O/c24-15-1-2-18(14-8-16(25)11-28-10-14)13(7-15)9-20-30-21-19(22(33)31-20)12-29-32(21)17-3-5-23(26,27)6-4-17/h1-2,7-8,12,16-17,28H,3-6,9-11H2,(H,30,31,33). The van der Waals surface area contributed by atoms with Crippen LogP contribution >= 0.6 is 0 Å². The highest BCUT2D eigenvalue weighted by molar-refractivity contribution is 5.74. The van der Waals surface area contributed by atoms with Gasteiger partial charge < -0.3 is 10.3 Å². The lowest BCUT2D eigenvalue weighted by Gasteiger charge is -2.28. The number of rotatable bonds is 4. The second kappa shape index (κ2) is 8.40. The lowest BCUT2D eigenvalue weighted by molar-refractivity contribution is -0.0446. The first-order valence-corrected chi connectivity index (χ1v) is 11.0. The van der Waals surface area contributed by atoms with Crippen LogP contribution in [-0.4, -0.2) is 44.9 Å². The van der Waals surface area contributed by atoms with Crippen molar-refractivity contribution in [1.29, 1.82) is 0 Å². The Morgan fingerprint density at radius 3 is 2.76 bits per heavy atom. The second-order valence-electron chi connectivity index (χ2n) is 8.74. The van der Waals surface area contributed by atoms with Crippen LogP contribution in [0.5, 0.6) is 0 Å². The first kappa shape index (κ1) is 21.8. The monoisotopic (exact) mass is 461 g/mol. The van der Waals surface area contributed by atoms with Crippen LogP contribution in [-0.2, 0) is 6.42 Å². The number of aromatic amines is 1. The molecule has 6 nitrogen and oxygen atoms in total. The van der Waals surface area contributed by atoms with Gasteiger partial charge in [-0.3, -0.25) is 4.79 Å². The Labute approximate surface area is 186 Å². The highest BCUT2D eigenvalue weighted by Crippen LogP contribution is 2.38. The Morgan fingerprint density at radius 2 is 2.00 bits per heavy atom. The average molecular weight is 461 g/mol. The van der Waals surface area contributed by atoms with Gasteiger partial charge in [0.25, 0.3) is 5.56 Å². The molecule has 1 saturated carbocycles. The van der Waals surface area contributed by atoms with Gasteiger partial charge in [-0.25, -0.2) is 27.2 Å². The van der Waals surface area contributed by atoms with E-state index in [4.69, 9.17) is 0 Å². The maximum Gasteiger partial charge on any atom is 0.262 e. The van der Waals surface area contributed by atoms with Crippen molar-refractivity contribution in [3.63, 3.8) is 0 Å². The quantitative estimate of drug-likeness (QED) is 0.578. The van der Waals surface area contributed by atoms with E-state index < -0.39 is 23.5 Å². The summed E-state index contributed by atoms with van der Waals surface area (Å²) in [5, 5.41) is 7.53. The Bertz CT molecular complexity index is 1270. The Hall–Kier alpha value is -3.01. The van der Waals surface area contributed by atoms with Gasteiger partial charge in [-0.05, 0) is 47.8 Å². The SMILES string of the molecule is O=c1[nH]c(Cc2cc(F)ccc2C2=CC(F)CNC2)nc2c1cnn2C1CCC(F)(F)CC1. The molecule has 5 rings (SSSR count). The normalized spacial score (nSPS) is 21.3. The van der Waals surface area contributed by atoms with Gasteiger partial charge in [0.2, 0.25) is 5.92 Å². The van der Waals surface area contributed by atoms with Crippen molar-refractivity contribution in [3.8, 4) is 0 Å². The average Bonchev–Trinajstić information content (AvgIpc) is 3.18. The molecule has 1 fully saturated rings. The highest BCUT2D eigenvalue weighted by atomic mass is 19.3. The summed E-state index contributed by atoms with van der Waals surface area (Å²) < 4.78 is 56.7. The van der Waals surface area contributed by atoms with Gasteiger partial charge in [0, 0.05) is 32.4 Å². The molecule has 2 aromatic heterocycles. The molecule has 10 heteroatoms. The molecular formula is C23H23F4N5O. The first-order valence-electron chi connectivity index (χ1n) is 11.0. The summed E-state index contributed by atoms with van der Waals surface area (Å²) in [6.45, 7) is 0.670. The molecule has 3 aromatic rings. The van der Waals surface area contributed by atoms with Gasteiger partial charge in [-0.1, -0.05) is 6.07 Å². The summed E-state index contributed by atoms with van der Waals surface area (Å²) in [7, 11) is 0. The lowest BCUT2D eigenvalue weighted by atomic mass is 9.92. The Morgan fingerprint density at radius 1 is 1.21 bits per heavy atom. The van der Waals surface area contributed by atoms with Crippen LogP contribution in [0.4, 0.5) is 17.6 Å². The molecule has 1 unspecified atom stereocenters. The molecule has 0 amide bonds. The number of H-pyrrole nitrogens is 1. The lowest BCUT2D eigenvalue weighted by Crippen LogP contribution is -2.29. The number of benzene rings is 1. The van der Waals surface area contributed by atoms with Gasteiger partial charge in [-0.15, -0.1) is 0 Å². The predicted octanol–water partition coefficient (Wildman–Crippen LogP) is 3.92. The van der Waals surface area contributed by atoms with Crippen molar-refractivity contribution in [1.82, 2.24) is 25.1 Å². The van der Waals surface area contributed by atoms with Gasteiger partial charge in [0.15, 0.2) is 5.65 Å². The number of nitrogens with one attached hydrogen (secondary N) is 2. The number of halogens is 4. The molecule has 2 aliphatic rings. The number of nitrogens with zero attached hydrogens (tertiary/aromatic N) is 3. The van der Waals surface area contributed by atoms with Crippen LogP contribution in [0.25, 0.3) is 16.6 Å². The highest BCUT2D eigenvalue weighted by Gasteiger charge is 2.36. The summed E-state index contributed by atoms with van der Waals surface area (Å²) in [5.41, 5.74) is 1.87. The molecule has 1 atom stereocenters. The largest absolute Gasteiger partial charge is 0.310 e. The topological polar surface area (TPSA) is 75.6 Å². The number of aromatic nitrogens is 4. The molecule has 2 N–H and O–H groups in total. The van der Waals surface area contributed by atoms with Gasteiger partial charge in [-0.2, -0.15) is 5.10 Å². The third kappa shape index (κ3) is 4.44. The number of hydrogen-bond acceptors (Lipinski definition) is 4. The minimum Gasteiger partial charge on any atom is -0.310 e. The van der Waals surface area contributed by atoms with Crippen molar-refractivity contribution < 1.29 is 17.6 Å². The van der Waals surface area contributed by atoms with E-state index >= 15 is 0 Å². The summed E-state index contributed by atoms with van der Waals surface area (Å²) >= 11 is 0. The van der Waals surface area contributed by atoms with Crippen LogP contribution in [0.15, 0.2) is 35.3 Å². The molecular weight excluding hydrogens is 438 g/mol. The summed E-state index contributed by atoms with van der Waals surface area (Å²) in [6, 6.07) is 3.99. The third-order valence-corrected chi connectivity index (χ3v) is 6.35. The smallest absolute Gasteiger partial charge is 0.262 e. The first-order chi connectivity index (χ1) is 15.8. The molecule has 0 bridgehead atoms. The minimum atomic E-state index is -2.68. The summed E-state index contributed by atoms with van der Waals surface area (Å²) in [5.74, 6) is -2.83. The van der Waals surface area contributed by atoms with Gasteiger partial charge >= 0.3 is 0 Å². The molecule has 1 aliphatic carbocycles. The third-order valence-electron chi connectivity index (χ3n) is 6.35. The van der Waals surface area contributed by atoms with E-state index in [2.05, 4.69) is 20.4 Å². The zero-order valence-electron chi connectivity index (χ0n) is 17.8. The number of hydrogen-bond donors (Lipinski definition) is 2. The maximum absolute atomic E-state index is 14.1. The molecule has 0 spiro atoms. The van der Waals surface area contributed by atoms with Crippen molar-refractivity contribution >= 4 is 16.6 Å². The number of fused-ring (bicyclic) bond motifs is 1. The molecule has 33 heavy (non-hydrogen) atoms. The Balaban J connectivity index is 1.51. The molecule has 1 aliphatic heterocycles. The molecule has 0 radical (unpaired) electrons. The van der Waals surface area contributed by atoms with Crippen molar-refractivity contribution in [2.24, 2.45) is 0 Å². The summed E-state index contributed by atoms with van der Waals surface area (Å²) in [6.07, 6.45) is 1.89. The van der Waals surface area contributed by atoms with Crippen molar-refractivity contribution in [3.05, 3.63) is 63.6 Å². The van der Waals surface area contributed by atoms with Crippen LogP contribution in [0, 0.1) is 5.82 Å². The van der Waals surface area contributed by atoms with Crippen LogP contribution in [0.1, 0.15) is 48.7 Å². The minimum absolute atomic E-state index is 0.112. The summed E-state index contributed by atoms with van der Waals surface area (Å²) in [4.78, 5) is 19.9. The van der Waals surface area contributed by atoms with E-state index in [0.717, 1.165) is 0 Å². The molecule has 1 aromatic carbocycles. The fourth-order valence-electron chi connectivity index (χ4n) is 4.67. The maximum atomic E-state index is 14.1.